The maximum atomic E-state index is 14.8. The van der Waals surface area contributed by atoms with Crippen LogP contribution in [-0.2, 0) is 0 Å². The van der Waals surface area contributed by atoms with Crippen LogP contribution >= 0.6 is 0 Å². The molecule has 2 saturated heterocycles. The highest BCUT2D eigenvalue weighted by molar-refractivity contribution is 5.68. The number of benzene rings is 1. The van der Waals surface area contributed by atoms with Crippen molar-refractivity contribution in [3.8, 4) is 28.6 Å². The van der Waals surface area contributed by atoms with E-state index in [2.05, 4.69) is 25.3 Å². The highest BCUT2D eigenvalue weighted by Gasteiger charge is 2.47. The summed E-state index contributed by atoms with van der Waals surface area (Å²) in [5.74, 6) is 0.362. The van der Waals surface area contributed by atoms with Crippen LogP contribution in [0.2, 0.25) is 0 Å². The zero-order valence-corrected chi connectivity index (χ0v) is 15.9. The van der Waals surface area contributed by atoms with Crippen LogP contribution < -0.4 is 4.74 Å². The van der Waals surface area contributed by atoms with E-state index in [1.54, 1.807) is 41.5 Å². The van der Waals surface area contributed by atoms with E-state index in [1.165, 1.54) is 0 Å². The van der Waals surface area contributed by atoms with Crippen LogP contribution in [0.5, 0.6) is 11.6 Å². The fourth-order valence-electron chi connectivity index (χ4n) is 4.38. The fourth-order valence-corrected chi connectivity index (χ4v) is 4.38. The molecule has 0 radical (unpaired) electrons. The van der Waals surface area contributed by atoms with E-state index < -0.39 is 12.3 Å². The maximum Gasteiger partial charge on any atom is 0.233 e. The van der Waals surface area contributed by atoms with Gasteiger partial charge in [0, 0.05) is 36.2 Å². The van der Waals surface area contributed by atoms with Crippen LogP contribution in [0, 0.1) is 0 Å². The monoisotopic (exact) mass is 396 g/mol. The smallest absolute Gasteiger partial charge is 0.233 e. The van der Waals surface area contributed by atoms with Crippen LogP contribution in [-0.4, -0.2) is 66.4 Å². The number of nitrogens with zero attached hydrogens (tertiary/aromatic N) is 6. The Kier molecular flexibility index (Phi) is 4.39. The van der Waals surface area contributed by atoms with Crippen LogP contribution in [0.15, 0.2) is 43.0 Å². The number of fused-ring (bicyclic) bond motifs is 2. The number of aromatic hydroxyl groups is 1. The quantitative estimate of drug-likeness (QED) is 0.724. The minimum absolute atomic E-state index is 0.0647. The zero-order chi connectivity index (χ0) is 20.0. The average Bonchev–Trinajstić information content (AvgIpc) is 3.35. The number of phenols is 1. The molecular weight excluding hydrogens is 375 g/mol. The van der Waals surface area contributed by atoms with Gasteiger partial charge in [-0.25, -0.2) is 4.39 Å². The molecule has 2 aliphatic heterocycles. The maximum absolute atomic E-state index is 14.8. The number of phenolic OH excluding ortho intramolecular Hbond substituents is 1. The lowest BCUT2D eigenvalue weighted by Gasteiger charge is -2.38. The highest BCUT2D eigenvalue weighted by Crippen LogP contribution is 2.37. The van der Waals surface area contributed by atoms with Gasteiger partial charge in [-0.1, -0.05) is 0 Å². The second kappa shape index (κ2) is 7.07. The van der Waals surface area contributed by atoms with Gasteiger partial charge in [0.25, 0.3) is 0 Å². The standard InChI is InChI=1S/C20H21FN6O2/c1-26-12-3-6-16(26)20(21)18(9-12)29-19-7-5-15(24-25-19)14-4-2-13(8-17(14)28)27-10-22-23-11-27/h2,4-5,7-8,10-12,16,18,20,28H,3,6,9H2,1H3/t12?,16?,18-,20+/m0/s1. The summed E-state index contributed by atoms with van der Waals surface area (Å²) in [6.07, 6.45) is 4.10. The van der Waals surface area contributed by atoms with Crippen LogP contribution in [0.1, 0.15) is 19.3 Å². The van der Waals surface area contributed by atoms with Crippen molar-refractivity contribution in [1.29, 1.82) is 0 Å². The number of halogens is 1. The Hall–Kier alpha value is -3.07. The molecule has 0 aliphatic carbocycles. The molecular formula is C20H21FN6O2. The van der Waals surface area contributed by atoms with Crippen molar-refractivity contribution in [3.63, 3.8) is 0 Å². The molecule has 2 unspecified atom stereocenters. The summed E-state index contributed by atoms with van der Waals surface area (Å²) in [5.41, 5.74) is 1.78. The van der Waals surface area contributed by atoms with Crippen LogP contribution in [0.4, 0.5) is 4.39 Å². The summed E-state index contributed by atoms with van der Waals surface area (Å²) in [6, 6.07) is 8.85. The SMILES string of the molecule is CN1C2CCC1[C@@H](F)[C@@H](Oc1ccc(-c3ccc(-n4cnnc4)cc3O)nn1)C2. The minimum atomic E-state index is -1.03. The molecule has 2 aromatic heterocycles. The molecule has 8 nitrogen and oxygen atoms in total. The van der Waals surface area contributed by atoms with Crippen molar-refractivity contribution in [2.45, 2.75) is 43.6 Å². The molecule has 2 aliphatic rings. The largest absolute Gasteiger partial charge is 0.507 e. The predicted octanol–water partition coefficient (Wildman–Crippen LogP) is 2.38. The summed E-state index contributed by atoms with van der Waals surface area (Å²) in [4.78, 5) is 2.13. The van der Waals surface area contributed by atoms with Crippen molar-refractivity contribution >= 4 is 0 Å². The van der Waals surface area contributed by atoms with Gasteiger partial charge in [-0.15, -0.1) is 20.4 Å². The molecule has 150 valence electrons. The van der Waals surface area contributed by atoms with Crippen molar-refractivity contribution in [1.82, 2.24) is 29.9 Å². The van der Waals surface area contributed by atoms with Crippen LogP contribution in [0.25, 0.3) is 16.9 Å². The van der Waals surface area contributed by atoms with Gasteiger partial charge in [0.2, 0.25) is 5.88 Å². The number of rotatable bonds is 4. The number of aromatic nitrogens is 5. The summed E-state index contributed by atoms with van der Waals surface area (Å²) < 4.78 is 22.3. The molecule has 0 spiro atoms. The van der Waals surface area contributed by atoms with E-state index in [-0.39, 0.29) is 11.8 Å². The first-order valence-corrected chi connectivity index (χ1v) is 9.65. The van der Waals surface area contributed by atoms with E-state index in [4.69, 9.17) is 4.74 Å². The molecule has 4 atom stereocenters. The number of hydrogen-bond donors (Lipinski definition) is 1. The lowest BCUT2D eigenvalue weighted by atomic mass is 9.98. The molecule has 2 bridgehead atoms. The Morgan fingerprint density at radius 1 is 1.10 bits per heavy atom. The van der Waals surface area contributed by atoms with Crippen molar-refractivity contribution in [3.05, 3.63) is 43.0 Å². The van der Waals surface area contributed by atoms with E-state index in [0.29, 0.717) is 29.6 Å². The van der Waals surface area contributed by atoms with E-state index in [9.17, 15) is 9.50 Å². The number of hydrogen-bond acceptors (Lipinski definition) is 7. The number of ether oxygens (including phenoxy) is 1. The van der Waals surface area contributed by atoms with Gasteiger partial charge in [0.15, 0.2) is 6.17 Å². The van der Waals surface area contributed by atoms with Gasteiger partial charge in [-0.05, 0) is 38.1 Å². The van der Waals surface area contributed by atoms with Crippen molar-refractivity contribution < 1.29 is 14.2 Å². The third-order valence-corrected chi connectivity index (χ3v) is 6.01. The Labute approximate surface area is 167 Å². The Morgan fingerprint density at radius 2 is 1.93 bits per heavy atom. The fraction of sp³-hybridized carbons (Fsp3) is 0.400. The Balaban J connectivity index is 1.32. The minimum Gasteiger partial charge on any atom is -0.507 e. The van der Waals surface area contributed by atoms with Gasteiger partial charge in [0.1, 0.15) is 24.5 Å². The summed E-state index contributed by atoms with van der Waals surface area (Å²) in [5, 5.41) is 26.2. The molecule has 0 amide bonds. The lowest BCUT2D eigenvalue weighted by Crippen LogP contribution is -2.52. The second-order valence-electron chi connectivity index (χ2n) is 7.63. The summed E-state index contributed by atoms with van der Waals surface area (Å²) in [6.45, 7) is 0. The first kappa shape index (κ1) is 18.0. The molecule has 0 saturated carbocycles. The number of alkyl halides is 1. The summed E-state index contributed by atoms with van der Waals surface area (Å²) in [7, 11) is 1.99. The topological polar surface area (TPSA) is 89.2 Å². The highest BCUT2D eigenvalue weighted by atomic mass is 19.1. The van der Waals surface area contributed by atoms with Gasteiger partial charge in [-0.3, -0.25) is 9.47 Å². The predicted molar refractivity (Wildman–Crippen MR) is 103 cm³/mol. The molecule has 29 heavy (non-hydrogen) atoms. The van der Waals surface area contributed by atoms with Crippen LogP contribution in [0.3, 0.4) is 0 Å². The molecule has 4 heterocycles. The number of piperidine rings is 1. The summed E-state index contributed by atoms with van der Waals surface area (Å²) >= 11 is 0. The van der Waals surface area contributed by atoms with Gasteiger partial charge in [0.05, 0.1) is 11.4 Å². The molecule has 5 rings (SSSR count). The van der Waals surface area contributed by atoms with Gasteiger partial charge < -0.3 is 9.84 Å². The first-order chi connectivity index (χ1) is 14.1. The normalized spacial score (nSPS) is 26.6. The van der Waals surface area contributed by atoms with Crippen molar-refractivity contribution in [2.75, 3.05) is 7.05 Å². The molecule has 1 N–H and O–H groups in total. The lowest BCUT2D eigenvalue weighted by molar-refractivity contribution is -0.0134. The van der Waals surface area contributed by atoms with E-state index >= 15 is 0 Å². The van der Waals surface area contributed by atoms with E-state index in [1.807, 2.05) is 13.1 Å². The third kappa shape index (κ3) is 3.21. The van der Waals surface area contributed by atoms with Crippen molar-refractivity contribution in [2.24, 2.45) is 0 Å². The third-order valence-electron chi connectivity index (χ3n) is 6.01. The van der Waals surface area contributed by atoms with E-state index in [0.717, 1.165) is 18.5 Å². The Morgan fingerprint density at radius 3 is 2.66 bits per heavy atom. The molecule has 1 aromatic carbocycles. The Bertz CT molecular complexity index is 997. The van der Waals surface area contributed by atoms with Gasteiger partial charge in [-0.2, -0.15) is 0 Å². The molecule has 9 heteroatoms. The molecule has 3 aromatic rings. The first-order valence-electron chi connectivity index (χ1n) is 9.65. The second-order valence-corrected chi connectivity index (χ2v) is 7.63. The molecule has 2 fully saturated rings. The zero-order valence-electron chi connectivity index (χ0n) is 15.9. The van der Waals surface area contributed by atoms with Gasteiger partial charge >= 0.3 is 0 Å². The average molecular weight is 396 g/mol.